The lowest BCUT2D eigenvalue weighted by Crippen LogP contribution is -2.44. The van der Waals surface area contributed by atoms with Gasteiger partial charge in [0, 0.05) is 38.3 Å². The van der Waals surface area contributed by atoms with Gasteiger partial charge in [0.05, 0.1) is 6.54 Å². The van der Waals surface area contributed by atoms with E-state index in [1.165, 1.54) is 45.1 Å². The number of carbonyl (C=O) groups excluding carboxylic acids is 1. The summed E-state index contributed by atoms with van der Waals surface area (Å²) in [5, 5.41) is 3.46. The summed E-state index contributed by atoms with van der Waals surface area (Å²) in [6.07, 6.45) is 7.65. The van der Waals surface area contributed by atoms with E-state index in [-0.39, 0.29) is 0 Å². The van der Waals surface area contributed by atoms with Crippen molar-refractivity contribution in [1.82, 2.24) is 15.1 Å². The summed E-state index contributed by atoms with van der Waals surface area (Å²) in [6, 6.07) is 1.41. The molecule has 4 nitrogen and oxygen atoms in total. The molecule has 0 radical (unpaired) electrons. The second-order valence-corrected chi connectivity index (χ2v) is 6.03. The Bertz CT molecular complexity index is 297. The fraction of sp³-hybridized carbons (Fsp3) is 0.929. The Kier molecular flexibility index (Phi) is 3.85. The van der Waals surface area contributed by atoms with Crippen LogP contribution in [0.1, 0.15) is 38.5 Å². The summed E-state index contributed by atoms with van der Waals surface area (Å²) in [7, 11) is 0. The number of carbonyl (C=O) groups is 1. The lowest BCUT2D eigenvalue weighted by atomic mass is 10.1. The summed E-state index contributed by atoms with van der Waals surface area (Å²) in [6.45, 7) is 4.86. The third-order valence-electron chi connectivity index (χ3n) is 4.53. The van der Waals surface area contributed by atoms with Crippen LogP contribution in [0.4, 0.5) is 0 Å². The van der Waals surface area contributed by atoms with E-state index in [1.807, 2.05) is 4.90 Å². The van der Waals surface area contributed by atoms with Gasteiger partial charge in [0.25, 0.3) is 0 Å². The van der Waals surface area contributed by atoms with Crippen molar-refractivity contribution in [3.05, 3.63) is 0 Å². The average molecular weight is 251 g/mol. The molecule has 4 heteroatoms. The molecule has 1 unspecified atom stereocenters. The van der Waals surface area contributed by atoms with Gasteiger partial charge in [0.15, 0.2) is 0 Å². The molecule has 0 spiro atoms. The third kappa shape index (κ3) is 3.04. The van der Waals surface area contributed by atoms with Crippen LogP contribution in [0.3, 0.4) is 0 Å². The van der Waals surface area contributed by atoms with Gasteiger partial charge in [-0.25, -0.2) is 0 Å². The highest BCUT2D eigenvalue weighted by atomic mass is 16.2. The molecule has 1 atom stereocenters. The van der Waals surface area contributed by atoms with Gasteiger partial charge >= 0.3 is 0 Å². The van der Waals surface area contributed by atoms with Gasteiger partial charge in [-0.1, -0.05) is 0 Å². The lowest BCUT2D eigenvalue weighted by molar-refractivity contribution is -0.131. The van der Waals surface area contributed by atoms with Crippen LogP contribution in [0.2, 0.25) is 0 Å². The molecule has 3 fully saturated rings. The topological polar surface area (TPSA) is 35.6 Å². The zero-order valence-corrected chi connectivity index (χ0v) is 11.2. The zero-order valence-electron chi connectivity index (χ0n) is 11.2. The standard InChI is InChI=1S/C14H25N3O/c18-14(16-7-2-1-3-8-16)10-15-12-6-9-17(11-12)13-4-5-13/h12-13,15H,1-11H2. The SMILES string of the molecule is O=C(CNC1CCN(C2CC2)C1)N1CCCCC1. The fourth-order valence-electron chi connectivity index (χ4n) is 3.21. The lowest BCUT2D eigenvalue weighted by Gasteiger charge is -2.27. The molecule has 18 heavy (non-hydrogen) atoms. The number of hydrogen-bond donors (Lipinski definition) is 1. The maximum Gasteiger partial charge on any atom is 0.236 e. The van der Waals surface area contributed by atoms with Crippen LogP contribution in [0, 0.1) is 0 Å². The fourth-order valence-corrected chi connectivity index (χ4v) is 3.21. The number of nitrogens with zero attached hydrogens (tertiary/aromatic N) is 2. The summed E-state index contributed by atoms with van der Waals surface area (Å²) in [4.78, 5) is 16.7. The second kappa shape index (κ2) is 5.57. The van der Waals surface area contributed by atoms with E-state index in [9.17, 15) is 4.79 Å². The van der Waals surface area contributed by atoms with Crippen LogP contribution in [0.5, 0.6) is 0 Å². The molecule has 0 aromatic rings. The third-order valence-corrected chi connectivity index (χ3v) is 4.53. The van der Waals surface area contributed by atoms with E-state index in [2.05, 4.69) is 10.2 Å². The van der Waals surface area contributed by atoms with Crippen LogP contribution < -0.4 is 5.32 Å². The molecule has 2 aliphatic heterocycles. The predicted molar refractivity (Wildman–Crippen MR) is 71.4 cm³/mol. The molecule has 1 saturated carbocycles. The number of hydrogen-bond acceptors (Lipinski definition) is 3. The summed E-state index contributed by atoms with van der Waals surface area (Å²) in [5.41, 5.74) is 0. The van der Waals surface area contributed by atoms with Crippen molar-refractivity contribution in [2.75, 3.05) is 32.7 Å². The minimum absolute atomic E-state index is 0.305. The molecule has 0 aromatic carbocycles. The summed E-state index contributed by atoms with van der Waals surface area (Å²) >= 11 is 0. The van der Waals surface area contributed by atoms with Gasteiger partial charge in [-0.15, -0.1) is 0 Å². The van der Waals surface area contributed by atoms with Crippen LogP contribution in [-0.4, -0.2) is 60.5 Å². The van der Waals surface area contributed by atoms with E-state index in [4.69, 9.17) is 0 Å². The van der Waals surface area contributed by atoms with E-state index in [0.29, 0.717) is 18.5 Å². The monoisotopic (exact) mass is 251 g/mol. The highest BCUT2D eigenvalue weighted by molar-refractivity contribution is 5.78. The van der Waals surface area contributed by atoms with Gasteiger partial charge in [-0.2, -0.15) is 0 Å². The van der Waals surface area contributed by atoms with Crippen molar-refractivity contribution in [3.63, 3.8) is 0 Å². The van der Waals surface area contributed by atoms with Crippen molar-refractivity contribution >= 4 is 5.91 Å². The zero-order chi connectivity index (χ0) is 12.4. The van der Waals surface area contributed by atoms with E-state index in [1.54, 1.807) is 0 Å². The Morgan fingerprint density at radius 2 is 1.83 bits per heavy atom. The van der Waals surface area contributed by atoms with Crippen molar-refractivity contribution in [1.29, 1.82) is 0 Å². The highest BCUT2D eigenvalue weighted by Gasteiger charge is 2.34. The number of rotatable bonds is 4. The first-order valence-electron chi connectivity index (χ1n) is 7.58. The van der Waals surface area contributed by atoms with Crippen molar-refractivity contribution in [2.45, 2.75) is 50.6 Å². The van der Waals surface area contributed by atoms with Crippen molar-refractivity contribution in [3.8, 4) is 0 Å². The Balaban J connectivity index is 1.37. The molecule has 1 amide bonds. The van der Waals surface area contributed by atoms with Gasteiger partial charge in [-0.05, 0) is 38.5 Å². The van der Waals surface area contributed by atoms with Gasteiger partial charge in [0.1, 0.15) is 0 Å². The molecular weight excluding hydrogens is 226 g/mol. The maximum absolute atomic E-state index is 12.0. The molecule has 1 N–H and O–H groups in total. The normalized spacial score (nSPS) is 29.8. The van der Waals surface area contributed by atoms with Crippen LogP contribution in [0.15, 0.2) is 0 Å². The molecule has 1 aliphatic carbocycles. The minimum atomic E-state index is 0.305. The highest BCUT2D eigenvalue weighted by Crippen LogP contribution is 2.29. The maximum atomic E-state index is 12.0. The number of amides is 1. The van der Waals surface area contributed by atoms with Crippen LogP contribution in [0.25, 0.3) is 0 Å². The summed E-state index contributed by atoms with van der Waals surface area (Å²) in [5.74, 6) is 0.305. The molecule has 3 aliphatic rings. The minimum Gasteiger partial charge on any atom is -0.342 e. The first-order valence-corrected chi connectivity index (χ1v) is 7.58. The average Bonchev–Trinajstić information content (AvgIpc) is 3.16. The van der Waals surface area contributed by atoms with Crippen LogP contribution >= 0.6 is 0 Å². The molecule has 0 aromatic heterocycles. The van der Waals surface area contributed by atoms with E-state index >= 15 is 0 Å². The first-order chi connectivity index (χ1) is 8.83. The Morgan fingerprint density at radius 1 is 1.06 bits per heavy atom. The van der Waals surface area contributed by atoms with Gasteiger partial charge in [0.2, 0.25) is 5.91 Å². The predicted octanol–water partition coefficient (Wildman–Crippen LogP) is 0.825. The first kappa shape index (κ1) is 12.4. The molecule has 102 valence electrons. The smallest absolute Gasteiger partial charge is 0.236 e. The second-order valence-electron chi connectivity index (χ2n) is 6.03. The van der Waals surface area contributed by atoms with Crippen molar-refractivity contribution in [2.24, 2.45) is 0 Å². The largest absolute Gasteiger partial charge is 0.342 e. The summed E-state index contributed by atoms with van der Waals surface area (Å²) < 4.78 is 0. The number of nitrogens with one attached hydrogen (secondary N) is 1. The van der Waals surface area contributed by atoms with Crippen molar-refractivity contribution < 1.29 is 4.79 Å². The Morgan fingerprint density at radius 3 is 2.56 bits per heavy atom. The Labute approximate surface area is 110 Å². The van der Waals surface area contributed by atoms with E-state index < -0.39 is 0 Å². The number of likely N-dealkylation sites (tertiary alicyclic amines) is 2. The molecular formula is C14H25N3O. The molecule has 2 heterocycles. The number of piperidine rings is 1. The van der Waals surface area contributed by atoms with Crippen LogP contribution in [-0.2, 0) is 4.79 Å². The molecule has 3 rings (SSSR count). The van der Waals surface area contributed by atoms with Gasteiger partial charge in [-0.3, -0.25) is 9.69 Å². The Hall–Kier alpha value is -0.610. The molecule has 2 saturated heterocycles. The quantitative estimate of drug-likeness (QED) is 0.804. The van der Waals surface area contributed by atoms with E-state index in [0.717, 1.165) is 25.7 Å². The van der Waals surface area contributed by atoms with Gasteiger partial charge < -0.3 is 10.2 Å². The molecule has 0 bridgehead atoms.